The molecule has 0 fully saturated rings. The lowest BCUT2D eigenvalue weighted by atomic mass is 10.0. The van der Waals surface area contributed by atoms with Crippen LogP contribution in [0.1, 0.15) is 17.2 Å². The van der Waals surface area contributed by atoms with Crippen LogP contribution in [0, 0.1) is 6.92 Å². The quantitative estimate of drug-likeness (QED) is 0.574. The minimum atomic E-state index is -0.800. The summed E-state index contributed by atoms with van der Waals surface area (Å²) in [5, 5.41) is 19.5. The molecule has 1 unspecified atom stereocenters. The molecule has 0 aliphatic rings. The van der Waals surface area contributed by atoms with E-state index in [4.69, 9.17) is 0 Å². The Morgan fingerprint density at radius 2 is 2.00 bits per heavy atom. The normalized spacial score (nSPS) is 11.9. The predicted octanol–water partition coefficient (Wildman–Crippen LogP) is 4.01. The maximum Gasteiger partial charge on any atom is 0.319 e. The summed E-state index contributed by atoms with van der Waals surface area (Å²) in [6, 6.07) is 13.5. The molecule has 2 amide bonds. The highest BCUT2D eigenvalue weighted by Crippen LogP contribution is 2.27. The second-order valence-electron chi connectivity index (χ2n) is 6.33. The number of carbonyl (C=O) groups excluding carboxylic acids is 1. The van der Waals surface area contributed by atoms with Crippen LogP contribution < -0.4 is 10.6 Å². The number of hydrogen-bond donors (Lipinski definition) is 3. The number of benzene rings is 2. The van der Waals surface area contributed by atoms with E-state index < -0.39 is 6.10 Å². The number of amides is 2. The van der Waals surface area contributed by atoms with Gasteiger partial charge in [0.05, 0.1) is 12.3 Å². The highest BCUT2D eigenvalue weighted by molar-refractivity contribution is 9.10. The lowest BCUT2D eigenvalue weighted by Crippen LogP contribution is -2.32. The summed E-state index contributed by atoms with van der Waals surface area (Å²) >= 11 is 3.44. The van der Waals surface area contributed by atoms with Crippen LogP contribution in [0.5, 0.6) is 0 Å². The van der Waals surface area contributed by atoms with Crippen molar-refractivity contribution in [2.45, 2.75) is 13.0 Å². The number of carbonyl (C=O) groups is 1. The molecule has 3 aromatic rings. The molecule has 3 rings (SSSR count). The van der Waals surface area contributed by atoms with Crippen molar-refractivity contribution in [1.29, 1.82) is 0 Å². The van der Waals surface area contributed by atoms with E-state index in [9.17, 15) is 9.90 Å². The van der Waals surface area contributed by atoms with Crippen LogP contribution in [0.25, 0.3) is 11.1 Å². The molecule has 0 saturated carbocycles. The van der Waals surface area contributed by atoms with E-state index in [1.807, 2.05) is 49.4 Å². The molecule has 1 heterocycles. The van der Waals surface area contributed by atoms with E-state index in [-0.39, 0.29) is 12.6 Å². The standard InChI is InChI=1S/C20H21BrN4O2/c1-13-9-17(7-8-18(13)14-3-5-16(21)6-4-14)24-20(27)22-11-19(26)15-10-23-25(2)12-15/h3-10,12,19,26H,11H2,1-2H3,(H2,22,24,27). The molecule has 1 aromatic heterocycles. The van der Waals surface area contributed by atoms with Crippen LogP contribution in [0.2, 0.25) is 0 Å². The first-order valence-corrected chi connectivity index (χ1v) is 9.30. The maximum absolute atomic E-state index is 12.1. The third-order valence-corrected chi connectivity index (χ3v) is 4.73. The van der Waals surface area contributed by atoms with Gasteiger partial charge in [-0.1, -0.05) is 34.1 Å². The van der Waals surface area contributed by atoms with Gasteiger partial charge in [-0.2, -0.15) is 5.10 Å². The fourth-order valence-corrected chi connectivity index (χ4v) is 3.05. The molecule has 140 valence electrons. The fraction of sp³-hybridized carbons (Fsp3) is 0.200. The highest BCUT2D eigenvalue weighted by Gasteiger charge is 2.12. The van der Waals surface area contributed by atoms with Crippen molar-refractivity contribution in [3.8, 4) is 11.1 Å². The van der Waals surface area contributed by atoms with Crippen LogP contribution in [0.3, 0.4) is 0 Å². The number of aliphatic hydroxyl groups excluding tert-OH is 1. The Labute approximate surface area is 166 Å². The van der Waals surface area contributed by atoms with Gasteiger partial charge in [0.25, 0.3) is 0 Å². The van der Waals surface area contributed by atoms with E-state index in [1.165, 1.54) is 0 Å². The topological polar surface area (TPSA) is 79.2 Å². The molecule has 0 bridgehead atoms. The number of urea groups is 1. The first kappa shape index (κ1) is 19.1. The lowest BCUT2D eigenvalue weighted by Gasteiger charge is -2.13. The van der Waals surface area contributed by atoms with Gasteiger partial charge in [0.2, 0.25) is 0 Å². The van der Waals surface area contributed by atoms with Crippen molar-refractivity contribution >= 4 is 27.6 Å². The number of halogens is 1. The predicted molar refractivity (Wildman–Crippen MR) is 110 cm³/mol. The van der Waals surface area contributed by atoms with Crippen molar-refractivity contribution in [2.75, 3.05) is 11.9 Å². The summed E-state index contributed by atoms with van der Waals surface area (Å²) in [6.45, 7) is 2.11. The van der Waals surface area contributed by atoms with E-state index in [0.717, 1.165) is 21.2 Å². The Hall–Kier alpha value is -2.64. The van der Waals surface area contributed by atoms with E-state index >= 15 is 0 Å². The van der Waals surface area contributed by atoms with Gasteiger partial charge in [0.1, 0.15) is 0 Å². The van der Waals surface area contributed by atoms with Crippen LogP contribution in [0.4, 0.5) is 10.5 Å². The summed E-state index contributed by atoms with van der Waals surface area (Å²) < 4.78 is 2.64. The third-order valence-electron chi connectivity index (χ3n) is 4.21. The molecule has 7 heteroatoms. The van der Waals surface area contributed by atoms with E-state index in [1.54, 1.807) is 24.1 Å². The Morgan fingerprint density at radius 3 is 2.63 bits per heavy atom. The van der Waals surface area contributed by atoms with Gasteiger partial charge >= 0.3 is 6.03 Å². The zero-order valence-corrected chi connectivity index (χ0v) is 16.7. The Morgan fingerprint density at radius 1 is 1.26 bits per heavy atom. The van der Waals surface area contributed by atoms with Gasteiger partial charge in [0.15, 0.2) is 0 Å². The van der Waals surface area contributed by atoms with Crippen LogP contribution in [-0.2, 0) is 7.05 Å². The van der Waals surface area contributed by atoms with Gasteiger partial charge < -0.3 is 15.7 Å². The number of rotatable bonds is 5. The molecule has 3 N–H and O–H groups in total. The van der Waals surface area contributed by atoms with Crippen LogP contribution in [0.15, 0.2) is 59.3 Å². The van der Waals surface area contributed by atoms with Crippen LogP contribution in [-0.4, -0.2) is 27.5 Å². The molecule has 0 spiro atoms. The zero-order chi connectivity index (χ0) is 19.4. The van der Waals surface area contributed by atoms with Crippen molar-refractivity contribution in [1.82, 2.24) is 15.1 Å². The first-order chi connectivity index (χ1) is 12.9. The molecule has 6 nitrogen and oxygen atoms in total. The van der Waals surface area contributed by atoms with E-state index in [0.29, 0.717) is 11.3 Å². The summed E-state index contributed by atoms with van der Waals surface area (Å²) in [4.78, 5) is 12.1. The number of anilines is 1. The van der Waals surface area contributed by atoms with Gasteiger partial charge in [0, 0.05) is 35.5 Å². The molecule has 0 aliphatic heterocycles. The van der Waals surface area contributed by atoms with Gasteiger partial charge in [-0.25, -0.2) is 4.79 Å². The van der Waals surface area contributed by atoms with Gasteiger partial charge in [-0.05, 0) is 47.9 Å². The molecule has 0 radical (unpaired) electrons. The molecule has 1 atom stereocenters. The SMILES string of the molecule is Cc1cc(NC(=O)NCC(O)c2cnn(C)c2)ccc1-c1ccc(Br)cc1. The largest absolute Gasteiger partial charge is 0.386 e. The summed E-state index contributed by atoms with van der Waals surface area (Å²) in [5.41, 5.74) is 4.64. The Kier molecular flexibility index (Phi) is 5.93. The average Bonchev–Trinajstić information content (AvgIpc) is 3.07. The van der Waals surface area contributed by atoms with Crippen LogP contribution >= 0.6 is 15.9 Å². The molecule has 0 saturated heterocycles. The molecule has 0 aliphatic carbocycles. The molecule has 27 heavy (non-hydrogen) atoms. The molecule has 2 aromatic carbocycles. The van der Waals surface area contributed by atoms with Crippen molar-refractivity contribution < 1.29 is 9.90 Å². The highest BCUT2D eigenvalue weighted by atomic mass is 79.9. The number of aliphatic hydroxyl groups is 1. The minimum absolute atomic E-state index is 0.105. The number of nitrogens with zero attached hydrogens (tertiary/aromatic N) is 2. The van der Waals surface area contributed by atoms with Gasteiger partial charge in [-0.3, -0.25) is 4.68 Å². The third kappa shape index (κ3) is 4.96. The maximum atomic E-state index is 12.1. The second kappa shape index (κ2) is 8.37. The summed E-state index contributed by atoms with van der Waals surface area (Å²) in [5.74, 6) is 0. The van der Waals surface area contributed by atoms with Gasteiger partial charge in [-0.15, -0.1) is 0 Å². The smallest absolute Gasteiger partial charge is 0.319 e. The number of aromatic nitrogens is 2. The number of aryl methyl sites for hydroxylation is 2. The fourth-order valence-electron chi connectivity index (χ4n) is 2.79. The summed E-state index contributed by atoms with van der Waals surface area (Å²) in [6.07, 6.45) is 2.49. The lowest BCUT2D eigenvalue weighted by molar-refractivity contribution is 0.175. The van der Waals surface area contributed by atoms with Crippen molar-refractivity contribution in [2.24, 2.45) is 7.05 Å². The zero-order valence-electron chi connectivity index (χ0n) is 15.1. The first-order valence-electron chi connectivity index (χ1n) is 8.50. The second-order valence-corrected chi connectivity index (χ2v) is 7.25. The monoisotopic (exact) mass is 428 g/mol. The molecular formula is C20H21BrN4O2. The van der Waals surface area contributed by atoms with Crippen molar-refractivity contribution in [3.63, 3.8) is 0 Å². The average molecular weight is 429 g/mol. The minimum Gasteiger partial charge on any atom is -0.386 e. The number of nitrogens with one attached hydrogen (secondary N) is 2. The van der Waals surface area contributed by atoms with E-state index in [2.05, 4.69) is 31.7 Å². The molecular weight excluding hydrogens is 408 g/mol. The number of hydrogen-bond acceptors (Lipinski definition) is 3. The van der Waals surface area contributed by atoms with Crippen molar-refractivity contribution in [3.05, 3.63) is 70.5 Å². The summed E-state index contributed by atoms with van der Waals surface area (Å²) in [7, 11) is 1.77. The Bertz CT molecular complexity index is 937. The Balaban J connectivity index is 1.59.